The van der Waals surface area contributed by atoms with Crippen LogP contribution in [0.3, 0.4) is 0 Å². The summed E-state index contributed by atoms with van der Waals surface area (Å²) in [5, 5.41) is 0. The van der Waals surface area contributed by atoms with Crippen LogP contribution in [0.4, 0.5) is 0 Å². The zero-order chi connectivity index (χ0) is 13.0. The highest BCUT2D eigenvalue weighted by Gasteiger charge is 2.04. The van der Waals surface area contributed by atoms with E-state index in [0.717, 1.165) is 23.4 Å². The van der Waals surface area contributed by atoms with Crippen LogP contribution in [0.2, 0.25) is 0 Å². The quantitative estimate of drug-likeness (QED) is 0.879. The number of hydrogen-bond donors (Lipinski definition) is 1. The Morgan fingerprint density at radius 1 is 1.44 bits per heavy atom. The van der Waals surface area contributed by atoms with Crippen molar-refractivity contribution in [3.8, 4) is 5.75 Å². The molecule has 0 fully saturated rings. The van der Waals surface area contributed by atoms with Crippen LogP contribution in [0.15, 0.2) is 36.9 Å². The third kappa shape index (κ3) is 3.11. The minimum atomic E-state index is 0.0590. The van der Waals surface area contributed by atoms with Crippen molar-refractivity contribution in [2.75, 3.05) is 6.61 Å². The molecule has 1 heterocycles. The molecular formula is C14H19N3O. The SMILES string of the molecule is Cc1cc([C@@H](C)N)ccc1OCCn1ccnc1. The highest BCUT2D eigenvalue weighted by Crippen LogP contribution is 2.21. The lowest BCUT2D eigenvalue weighted by molar-refractivity contribution is 0.296. The summed E-state index contributed by atoms with van der Waals surface area (Å²) in [5.74, 6) is 0.916. The van der Waals surface area contributed by atoms with Gasteiger partial charge in [0.05, 0.1) is 12.9 Å². The Morgan fingerprint density at radius 3 is 2.89 bits per heavy atom. The second-order valence-corrected chi connectivity index (χ2v) is 4.46. The van der Waals surface area contributed by atoms with Crippen LogP contribution in [0.25, 0.3) is 0 Å². The standard InChI is InChI=1S/C14H19N3O/c1-11-9-13(12(2)15)3-4-14(11)18-8-7-17-6-5-16-10-17/h3-6,9-10,12H,7-8,15H2,1-2H3/t12-/m1/s1. The molecule has 0 radical (unpaired) electrons. The molecule has 1 aromatic heterocycles. The number of rotatable bonds is 5. The topological polar surface area (TPSA) is 53.1 Å². The maximum Gasteiger partial charge on any atom is 0.122 e. The van der Waals surface area contributed by atoms with Crippen LogP contribution in [0, 0.1) is 6.92 Å². The van der Waals surface area contributed by atoms with Crippen LogP contribution in [-0.2, 0) is 6.54 Å². The summed E-state index contributed by atoms with van der Waals surface area (Å²) >= 11 is 0. The Morgan fingerprint density at radius 2 is 2.28 bits per heavy atom. The third-order valence-electron chi connectivity index (χ3n) is 2.89. The Hall–Kier alpha value is -1.81. The van der Waals surface area contributed by atoms with Crippen molar-refractivity contribution in [3.63, 3.8) is 0 Å². The molecule has 0 aliphatic carbocycles. The molecule has 0 spiro atoms. The second kappa shape index (κ2) is 5.69. The average Bonchev–Trinajstić information content (AvgIpc) is 2.84. The van der Waals surface area contributed by atoms with Crippen LogP contribution < -0.4 is 10.5 Å². The number of hydrogen-bond acceptors (Lipinski definition) is 3. The minimum Gasteiger partial charge on any atom is -0.491 e. The summed E-state index contributed by atoms with van der Waals surface area (Å²) in [6, 6.07) is 6.15. The first-order valence-electron chi connectivity index (χ1n) is 6.11. The molecule has 2 N–H and O–H groups in total. The molecule has 4 nitrogen and oxygen atoms in total. The lowest BCUT2D eigenvalue weighted by Gasteiger charge is -2.12. The highest BCUT2D eigenvalue weighted by molar-refractivity contribution is 5.37. The monoisotopic (exact) mass is 245 g/mol. The normalized spacial score (nSPS) is 12.4. The van der Waals surface area contributed by atoms with Crippen molar-refractivity contribution >= 4 is 0 Å². The molecule has 0 amide bonds. The molecule has 0 saturated carbocycles. The van der Waals surface area contributed by atoms with E-state index in [9.17, 15) is 0 Å². The molecule has 0 bridgehead atoms. The molecule has 0 aliphatic heterocycles. The molecule has 2 aromatic rings. The van der Waals surface area contributed by atoms with E-state index < -0.39 is 0 Å². The zero-order valence-corrected chi connectivity index (χ0v) is 10.8. The summed E-state index contributed by atoms with van der Waals surface area (Å²) in [4.78, 5) is 3.99. The Kier molecular flexibility index (Phi) is 3.99. The van der Waals surface area contributed by atoms with Gasteiger partial charge in [0.2, 0.25) is 0 Å². The van der Waals surface area contributed by atoms with E-state index in [2.05, 4.69) is 11.1 Å². The van der Waals surface area contributed by atoms with Gasteiger partial charge in [0, 0.05) is 18.4 Å². The first kappa shape index (κ1) is 12.6. The van der Waals surface area contributed by atoms with Gasteiger partial charge in [-0.1, -0.05) is 12.1 Å². The lowest BCUT2D eigenvalue weighted by Crippen LogP contribution is -2.08. The summed E-state index contributed by atoms with van der Waals surface area (Å²) in [6.07, 6.45) is 5.48. The van der Waals surface area contributed by atoms with Crippen molar-refractivity contribution in [3.05, 3.63) is 48.0 Å². The fourth-order valence-electron chi connectivity index (χ4n) is 1.80. The molecule has 0 unspecified atom stereocenters. The van der Waals surface area contributed by atoms with E-state index >= 15 is 0 Å². The maximum absolute atomic E-state index is 5.85. The summed E-state index contributed by atoms with van der Waals surface area (Å²) in [5.41, 5.74) is 8.10. The summed E-state index contributed by atoms with van der Waals surface area (Å²) < 4.78 is 7.75. The summed E-state index contributed by atoms with van der Waals surface area (Å²) in [7, 11) is 0. The molecule has 1 atom stereocenters. The van der Waals surface area contributed by atoms with Crippen molar-refractivity contribution < 1.29 is 4.74 Å². The number of ether oxygens (including phenoxy) is 1. The van der Waals surface area contributed by atoms with Crippen LogP contribution in [0.1, 0.15) is 24.1 Å². The van der Waals surface area contributed by atoms with Crippen LogP contribution in [-0.4, -0.2) is 16.2 Å². The zero-order valence-electron chi connectivity index (χ0n) is 10.8. The van der Waals surface area contributed by atoms with Crippen molar-refractivity contribution in [2.45, 2.75) is 26.4 Å². The Bertz CT molecular complexity index is 492. The van der Waals surface area contributed by atoms with Gasteiger partial charge in [-0.25, -0.2) is 4.98 Å². The number of aryl methyl sites for hydroxylation is 1. The maximum atomic E-state index is 5.85. The van der Waals surface area contributed by atoms with E-state index in [1.807, 2.05) is 36.7 Å². The van der Waals surface area contributed by atoms with Gasteiger partial charge < -0.3 is 15.0 Å². The van der Waals surface area contributed by atoms with E-state index in [1.165, 1.54) is 0 Å². The molecule has 18 heavy (non-hydrogen) atoms. The molecule has 0 saturated heterocycles. The van der Waals surface area contributed by atoms with Crippen molar-refractivity contribution in [1.82, 2.24) is 9.55 Å². The van der Waals surface area contributed by atoms with Gasteiger partial charge >= 0.3 is 0 Å². The van der Waals surface area contributed by atoms with E-state index in [0.29, 0.717) is 6.61 Å². The van der Waals surface area contributed by atoms with Gasteiger partial charge in [-0.15, -0.1) is 0 Å². The second-order valence-electron chi connectivity index (χ2n) is 4.46. The first-order valence-corrected chi connectivity index (χ1v) is 6.11. The van der Waals surface area contributed by atoms with Crippen LogP contribution in [0.5, 0.6) is 5.75 Å². The minimum absolute atomic E-state index is 0.0590. The number of imidazole rings is 1. The van der Waals surface area contributed by atoms with Crippen LogP contribution >= 0.6 is 0 Å². The van der Waals surface area contributed by atoms with Gasteiger partial charge in [-0.05, 0) is 31.0 Å². The van der Waals surface area contributed by atoms with Gasteiger partial charge in [-0.2, -0.15) is 0 Å². The highest BCUT2D eigenvalue weighted by atomic mass is 16.5. The predicted molar refractivity (Wildman–Crippen MR) is 71.5 cm³/mol. The van der Waals surface area contributed by atoms with Gasteiger partial charge in [-0.3, -0.25) is 0 Å². The number of benzene rings is 1. The lowest BCUT2D eigenvalue weighted by atomic mass is 10.1. The van der Waals surface area contributed by atoms with Crippen molar-refractivity contribution in [2.24, 2.45) is 5.73 Å². The fourth-order valence-corrected chi connectivity index (χ4v) is 1.80. The molecule has 4 heteroatoms. The van der Waals surface area contributed by atoms with Gasteiger partial charge in [0.25, 0.3) is 0 Å². The van der Waals surface area contributed by atoms with E-state index in [-0.39, 0.29) is 6.04 Å². The largest absolute Gasteiger partial charge is 0.491 e. The Balaban J connectivity index is 1.93. The number of aromatic nitrogens is 2. The van der Waals surface area contributed by atoms with Gasteiger partial charge in [0.15, 0.2) is 0 Å². The molecule has 2 rings (SSSR count). The molecular weight excluding hydrogens is 226 g/mol. The molecule has 96 valence electrons. The molecule has 0 aliphatic rings. The number of nitrogens with zero attached hydrogens (tertiary/aromatic N) is 2. The first-order chi connectivity index (χ1) is 8.66. The average molecular weight is 245 g/mol. The fraction of sp³-hybridized carbons (Fsp3) is 0.357. The summed E-state index contributed by atoms with van der Waals surface area (Å²) in [6.45, 7) is 5.45. The molecule has 1 aromatic carbocycles. The van der Waals surface area contributed by atoms with E-state index in [4.69, 9.17) is 10.5 Å². The van der Waals surface area contributed by atoms with Gasteiger partial charge in [0.1, 0.15) is 12.4 Å². The Labute approximate surface area is 107 Å². The third-order valence-corrected chi connectivity index (χ3v) is 2.89. The number of nitrogens with two attached hydrogens (primary N) is 1. The predicted octanol–water partition coefficient (Wildman–Crippen LogP) is 2.29. The smallest absolute Gasteiger partial charge is 0.122 e. The van der Waals surface area contributed by atoms with E-state index in [1.54, 1.807) is 12.5 Å². The van der Waals surface area contributed by atoms with Crippen molar-refractivity contribution in [1.29, 1.82) is 0 Å².